The van der Waals surface area contributed by atoms with E-state index in [0.717, 1.165) is 12.1 Å². The Kier molecular flexibility index (Phi) is 6.63. The second-order valence-corrected chi connectivity index (χ2v) is 2.95. The third-order valence-electron chi connectivity index (χ3n) is 1.46. The van der Waals surface area contributed by atoms with E-state index in [-0.39, 0.29) is 0 Å². The highest BCUT2D eigenvalue weighted by Gasteiger charge is 1.94. The molecule has 0 spiro atoms. The molecule has 0 aliphatic rings. The Morgan fingerprint density at radius 2 is 2.31 bits per heavy atom. The van der Waals surface area contributed by atoms with E-state index in [0.29, 0.717) is 5.92 Å². The summed E-state index contributed by atoms with van der Waals surface area (Å²) in [7, 11) is 0. The van der Waals surface area contributed by atoms with E-state index in [1.807, 2.05) is 13.8 Å². The average Bonchev–Trinajstić information content (AvgIpc) is 2.05. The molecule has 0 saturated carbocycles. The molecule has 0 bridgehead atoms. The van der Waals surface area contributed by atoms with Crippen LogP contribution in [-0.4, -0.2) is 12.8 Å². The number of hydrogen-bond donors (Lipinski definition) is 0. The van der Waals surface area contributed by atoms with Gasteiger partial charge in [0, 0.05) is 12.8 Å². The molecule has 0 aromatic heterocycles. The van der Waals surface area contributed by atoms with Crippen molar-refractivity contribution in [2.75, 3.05) is 6.54 Å². The fourth-order valence-electron chi connectivity index (χ4n) is 1.02. The van der Waals surface area contributed by atoms with E-state index in [2.05, 4.69) is 36.4 Å². The lowest BCUT2D eigenvalue weighted by Crippen LogP contribution is -1.95. The molecule has 1 heteroatoms. The first kappa shape index (κ1) is 11.7. The molecule has 0 N–H and O–H groups in total. The monoisotopic (exact) mass is 175 g/mol. The molecule has 1 atom stereocenters. The maximum absolute atomic E-state index is 4.17. The van der Waals surface area contributed by atoms with Crippen LogP contribution in [0, 0.1) is 17.8 Å². The summed E-state index contributed by atoms with van der Waals surface area (Å²) < 4.78 is 0. The predicted molar refractivity (Wildman–Crippen MR) is 59.9 cm³/mol. The summed E-state index contributed by atoms with van der Waals surface area (Å²) in [5.74, 6) is 6.31. The molecule has 0 saturated heterocycles. The highest BCUT2D eigenvalue weighted by molar-refractivity contribution is 5.69. The topological polar surface area (TPSA) is 12.4 Å². The minimum absolute atomic E-state index is 0.442. The van der Waals surface area contributed by atoms with Crippen LogP contribution in [0.2, 0.25) is 0 Å². The summed E-state index contributed by atoms with van der Waals surface area (Å²) in [6.07, 6.45) is 5.55. The maximum Gasteiger partial charge on any atom is 0.0449 e. The fourth-order valence-corrected chi connectivity index (χ4v) is 1.02. The first-order valence-electron chi connectivity index (χ1n) is 4.42. The molecule has 0 aromatic rings. The van der Waals surface area contributed by atoms with E-state index in [1.54, 1.807) is 12.3 Å². The van der Waals surface area contributed by atoms with Gasteiger partial charge in [-0.1, -0.05) is 31.6 Å². The summed E-state index contributed by atoms with van der Waals surface area (Å²) in [6, 6.07) is 0. The highest BCUT2D eigenvalue weighted by atomic mass is 14.7. The number of nitrogens with zero attached hydrogens (tertiary/aromatic N) is 1. The Morgan fingerprint density at radius 1 is 1.62 bits per heavy atom. The van der Waals surface area contributed by atoms with Gasteiger partial charge in [-0.2, -0.15) is 0 Å². The van der Waals surface area contributed by atoms with Crippen molar-refractivity contribution >= 4 is 6.21 Å². The van der Waals surface area contributed by atoms with Crippen LogP contribution in [0.3, 0.4) is 0 Å². The van der Waals surface area contributed by atoms with Crippen LogP contribution in [0.15, 0.2) is 29.3 Å². The zero-order chi connectivity index (χ0) is 10.1. The van der Waals surface area contributed by atoms with Crippen LogP contribution >= 0.6 is 0 Å². The summed E-state index contributed by atoms with van der Waals surface area (Å²) in [4.78, 5) is 4.17. The van der Waals surface area contributed by atoms with Crippen molar-refractivity contribution in [3.63, 3.8) is 0 Å². The summed E-state index contributed by atoms with van der Waals surface area (Å²) in [5, 5.41) is 0. The lowest BCUT2D eigenvalue weighted by Gasteiger charge is -2.00. The normalized spacial score (nSPS) is 13.6. The molecule has 0 aliphatic carbocycles. The van der Waals surface area contributed by atoms with Crippen molar-refractivity contribution in [2.24, 2.45) is 10.9 Å². The average molecular weight is 175 g/mol. The van der Waals surface area contributed by atoms with Gasteiger partial charge in [0.2, 0.25) is 0 Å². The van der Waals surface area contributed by atoms with Crippen molar-refractivity contribution in [1.29, 1.82) is 0 Å². The second-order valence-electron chi connectivity index (χ2n) is 2.95. The largest absolute Gasteiger partial charge is 0.293 e. The molecule has 0 aliphatic heterocycles. The summed E-state index contributed by atoms with van der Waals surface area (Å²) in [5.41, 5.74) is 1.11. The summed E-state index contributed by atoms with van der Waals surface area (Å²) >= 11 is 0. The van der Waals surface area contributed by atoms with Gasteiger partial charge in [-0.15, -0.1) is 5.92 Å². The smallest absolute Gasteiger partial charge is 0.0449 e. The van der Waals surface area contributed by atoms with E-state index in [9.17, 15) is 0 Å². The third kappa shape index (κ3) is 7.08. The minimum Gasteiger partial charge on any atom is -0.293 e. The van der Waals surface area contributed by atoms with Crippen LogP contribution in [0.1, 0.15) is 20.8 Å². The zero-order valence-electron chi connectivity index (χ0n) is 8.67. The van der Waals surface area contributed by atoms with Gasteiger partial charge < -0.3 is 0 Å². The van der Waals surface area contributed by atoms with Crippen molar-refractivity contribution < 1.29 is 0 Å². The van der Waals surface area contributed by atoms with E-state index < -0.39 is 0 Å². The fraction of sp³-hybridized carbons (Fsp3) is 0.417. The molecule has 0 aromatic carbocycles. The Bertz CT molecular complexity index is 261. The van der Waals surface area contributed by atoms with Crippen molar-refractivity contribution in [3.05, 3.63) is 24.3 Å². The highest BCUT2D eigenvalue weighted by Crippen LogP contribution is 2.02. The number of hydrogen-bond acceptors (Lipinski definition) is 1. The quantitative estimate of drug-likeness (QED) is 0.460. The zero-order valence-corrected chi connectivity index (χ0v) is 8.67. The summed E-state index contributed by atoms with van der Waals surface area (Å²) in [6.45, 7) is 10.4. The second kappa shape index (κ2) is 7.36. The van der Waals surface area contributed by atoms with Crippen LogP contribution in [-0.2, 0) is 0 Å². The van der Waals surface area contributed by atoms with Gasteiger partial charge in [0.05, 0.1) is 0 Å². The van der Waals surface area contributed by atoms with Gasteiger partial charge in [-0.25, -0.2) is 0 Å². The molecule has 0 rings (SSSR count). The van der Waals surface area contributed by atoms with Crippen LogP contribution in [0.4, 0.5) is 0 Å². The third-order valence-corrected chi connectivity index (χ3v) is 1.46. The Hall–Kier alpha value is -1.29. The predicted octanol–water partition coefficient (Wildman–Crippen LogP) is 2.85. The van der Waals surface area contributed by atoms with Gasteiger partial charge in [-0.05, 0) is 25.3 Å². The van der Waals surface area contributed by atoms with E-state index in [1.165, 1.54) is 0 Å². The molecule has 0 fully saturated rings. The Balaban J connectivity index is 4.02. The standard InChI is InChI=1S/C12H17N/c1-5-7-11(3)9-12(4)10-13-8-6-2/h6,8-9,12H,2,10H2,1,3-4H3/b11-9-,13-8?. The Labute approximate surface area is 81.3 Å². The molecule has 0 radical (unpaired) electrons. The lowest BCUT2D eigenvalue weighted by molar-refractivity contribution is 0.740. The molecule has 1 unspecified atom stereocenters. The van der Waals surface area contributed by atoms with Crippen LogP contribution in [0.5, 0.6) is 0 Å². The van der Waals surface area contributed by atoms with Gasteiger partial charge >= 0.3 is 0 Å². The van der Waals surface area contributed by atoms with Crippen molar-refractivity contribution in [3.8, 4) is 11.8 Å². The van der Waals surface area contributed by atoms with Crippen molar-refractivity contribution in [2.45, 2.75) is 20.8 Å². The van der Waals surface area contributed by atoms with E-state index in [4.69, 9.17) is 0 Å². The van der Waals surface area contributed by atoms with Gasteiger partial charge in [0.15, 0.2) is 0 Å². The SMILES string of the molecule is C=CC=NCC(C)/C=C(/C)C#CC. The molecule has 1 nitrogen and oxygen atoms in total. The molecule has 0 amide bonds. The molecule has 0 heterocycles. The first-order chi connectivity index (χ1) is 6.20. The Morgan fingerprint density at radius 3 is 2.85 bits per heavy atom. The molecular formula is C12H17N. The van der Waals surface area contributed by atoms with Crippen LogP contribution < -0.4 is 0 Å². The maximum atomic E-state index is 4.17. The van der Waals surface area contributed by atoms with Crippen molar-refractivity contribution in [1.82, 2.24) is 0 Å². The number of rotatable bonds is 4. The number of allylic oxidation sites excluding steroid dienone is 2. The van der Waals surface area contributed by atoms with Gasteiger partial charge in [-0.3, -0.25) is 4.99 Å². The molecule has 13 heavy (non-hydrogen) atoms. The molecule has 70 valence electrons. The van der Waals surface area contributed by atoms with E-state index >= 15 is 0 Å². The lowest BCUT2D eigenvalue weighted by atomic mass is 10.1. The first-order valence-corrected chi connectivity index (χ1v) is 4.42. The minimum atomic E-state index is 0.442. The van der Waals surface area contributed by atoms with Crippen LogP contribution in [0.25, 0.3) is 0 Å². The van der Waals surface area contributed by atoms with Gasteiger partial charge in [0.25, 0.3) is 0 Å². The number of aliphatic imine (C=N–C) groups is 1. The van der Waals surface area contributed by atoms with Gasteiger partial charge in [0.1, 0.15) is 0 Å². The molecular weight excluding hydrogens is 158 g/mol.